The summed E-state index contributed by atoms with van der Waals surface area (Å²) in [6.07, 6.45) is 3.05. The quantitative estimate of drug-likeness (QED) is 0.664. The van der Waals surface area contributed by atoms with Crippen LogP contribution in [-0.4, -0.2) is 28.8 Å². The number of benzene rings is 1. The third-order valence-corrected chi connectivity index (χ3v) is 3.66. The smallest absolute Gasteiger partial charge is 0.341 e. The van der Waals surface area contributed by atoms with Crippen molar-refractivity contribution in [3.05, 3.63) is 71.4 Å². The fraction of sp³-hybridized carbons (Fsp3) is 0.167. The van der Waals surface area contributed by atoms with E-state index in [0.717, 1.165) is 11.4 Å². The molecule has 0 spiro atoms. The highest BCUT2D eigenvalue weighted by molar-refractivity contribution is 5.91. The van der Waals surface area contributed by atoms with E-state index in [1.165, 1.54) is 19.4 Å². The van der Waals surface area contributed by atoms with Crippen LogP contribution < -0.4 is 0 Å². The van der Waals surface area contributed by atoms with Gasteiger partial charge in [0.2, 0.25) is 0 Å². The van der Waals surface area contributed by atoms with Crippen molar-refractivity contribution in [1.29, 1.82) is 0 Å². The van der Waals surface area contributed by atoms with Gasteiger partial charge in [0.15, 0.2) is 12.4 Å². The van der Waals surface area contributed by atoms with Gasteiger partial charge in [0.1, 0.15) is 5.56 Å². The number of ether oxygens (including phenoxy) is 2. The monoisotopic (exact) mass is 340 g/mol. The zero-order valence-electron chi connectivity index (χ0n) is 13.8. The minimum atomic E-state index is -0.543. The van der Waals surface area contributed by atoms with Crippen molar-refractivity contribution in [2.75, 3.05) is 7.11 Å². The van der Waals surface area contributed by atoms with E-state index in [4.69, 9.17) is 9.15 Å². The lowest BCUT2D eigenvalue weighted by atomic mass is 10.2. The molecule has 0 unspecified atom stereocenters. The van der Waals surface area contributed by atoms with Gasteiger partial charge in [0.25, 0.3) is 0 Å². The second-order valence-electron chi connectivity index (χ2n) is 5.26. The molecule has 0 bridgehead atoms. The molecule has 0 saturated heterocycles. The third-order valence-electron chi connectivity index (χ3n) is 3.66. The molecule has 2 heterocycles. The SMILES string of the molecule is COC(=O)c1ccoc1COC(=O)c1ccc(-n2nccc2C)cc1. The first-order chi connectivity index (χ1) is 12.1. The summed E-state index contributed by atoms with van der Waals surface area (Å²) < 4.78 is 16.8. The Hall–Kier alpha value is -3.35. The second-order valence-corrected chi connectivity index (χ2v) is 5.26. The number of rotatable bonds is 5. The normalized spacial score (nSPS) is 10.5. The van der Waals surface area contributed by atoms with Gasteiger partial charge in [-0.2, -0.15) is 5.10 Å². The summed E-state index contributed by atoms with van der Waals surface area (Å²) in [6, 6.07) is 10.2. The molecule has 0 saturated carbocycles. The number of aromatic nitrogens is 2. The molecule has 0 aliphatic rings. The highest BCUT2D eigenvalue weighted by Gasteiger charge is 2.17. The summed E-state index contributed by atoms with van der Waals surface area (Å²) in [4.78, 5) is 23.7. The van der Waals surface area contributed by atoms with Crippen molar-refractivity contribution in [2.45, 2.75) is 13.5 Å². The zero-order valence-corrected chi connectivity index (χ0v) is 13.8. The Balaban J connectivity index is 1.67. The number of furan rings is 1. The zero-order chi connectivity index (χ0) is 17.8. The fourth-order valence-electron chi connectivity index (χ4n) is 2.34. The number of nitrogens with zero attached hydrogens (tertiary/aromatic N) is 2. The molecule has 3 aromatic rings. The molecule has 25 heavy (non-hydrogen) atoms. The van der Waals surface area contributed by atoms with Crippen LogP contribution in [0.25, 0.3) is 5.69 Å². The van der Waals surface area contributed by atoms with Gasteiger partial charge in [0.05, 0.1) is 24.6 Å². The summed E-state index contributed by atoms with van der Waals surface area (Å²) >= 11 is 0. The van der Waals surface area contributed by atoms with E-state index in [0.29, 0.717) is 5.56 Å². The molecule has 3 rings (SSSR count). The number of carbonyl (C=O) groups excluding carboxylic acids is 2. The predicted molar refractivity (Wildman–Crippen MR) is 87.5 cm³/mol. The van der Waals surface area contributed by atoms with Gasteiger partial charge in [-0.15, -0.1) is 0 Å². The summed E-state index contributed by atoms with van der Waals surface area (Å²) in [6.45, 7) is 1.79. The fourth-order valence-corrected chi connectivity index (χ4v) is 2.34. The molecule has 0 aliphatic heterocycles. The average Bonchev–Trinajstić information content (AvgIpc) is 3.28. The van der Waals surface area contributed by atoms with E-state index in [1.54, 1.807) is 35.1 Å². The maximum atomic E-state index is 12.2. The van der Waals surface area contributed by atoms with Crippen molar-refractivity contribution in [1.82, 2.24) is 9.78 Å². The van der Waals surface area contributed by atoms with E-state index in [2.05, 4.69) is 9.84 Å². The van der Waals surface area contributed by atoms with Crippen LogP contribution in [0, 0.1) is 6.92 Å². The summed E-state index contributed by atoms with van der Waals surface area (Å²) in [7, 11) is 1.27. The van der Waals surface area contributed by atoms with E-state index in [9.17, 15) is 9.59 Å². The number of aryl methyl sites for hydroxylation is 1. The number of hydrogen-bond acceptors (Lipinski definition) is 6. The van der Waals surface area contributed by atoms with Crippen LogP contribution in [0.4, 0.5) is 0 Å². The molecule has 128 valence electrons. The third kappa shape index (κ3) is 3.45. The second kappa shape index (κ2) is 7.04. The van der Waals surface area contributed by atoms with E-state index < -0.39 is 11.9 Å². The number of carbonyl (C=O) groups is 2. The summed E-state index contributed by atoms with van der Waals surface area (Å²) in [5, 5.41) is 4.21. The Bertz CT molecular complexity index is 892. The van der Waals surface area contributed by atoms with Crippen LogP contribution in [-0.2, 0) is 16.1 Å². The predicted octanol–water partition coefficient (Wildman–Crippen LogP) is 2.92. The molecule has 1 aromatic carbocycles. The van der Waals surface area contributed by atoms with Crippen LogP contribution in [0.15, 0.2) is 53.3 Å². The Labute approximate surface area is 143 Å². The van der Waals surface area contributed by atoms with E-state index >= 15 is 0 Å². The van der Waals surface area contributed by atoms with Crippen molar-refractivity contribution >= 4 is 11.9 Å². The topological polar surface area (TPSA) is 83.6 Å². The molecule has 7 nitrogen and oxygen atoms in total. The van der Waals surface area contributed by atoms with Crippen molar-refractivity contribution in [3.63, 3.8) is 0 Å². The average molecular weight is 340 g/mol. The lowest BCUT2D eigenvalue weighted by Gasteiger charge is -2.07. The largest absolute Gasteiger partial charge is 0.465 e. The molecule has 2 aromatic heterocycles. The minimum absolute atomic E-state index is 0.156. The van der Waals surface area contributed by atoms with E-state index in [1.807, 2.05) is 13.0 Å². The maximum absolute atomic E-state index is 12.2. The van der Waals surface area contributed by atoms with Gasteiger partial charge in [-0.05, 0) is 43.3 Å². The van der Waals surface area contributed by atoms with Crippen molar-refractivity contribution in [3.8, 4) is 5.69 Å². The standard InChI is InChI=1S/C18H16N2O5/c1-12-7-9-19-20(12)14-5-3-13(4-6-14)17(21)25-11-16-15(8-10-24-16)18(22)23-2/h3-10H,11H2,1-2H3. The number of hydrogen-bond donors (Lipinski definition) is 0. The highest BCUT2D eigenvalue weighted by atomic mass is 16.5. The number of esters is 2. The molecular formula is C18H16N2O5. The molecule has 0 fully saturated rings. The van der Waals surface area contributed by atoms with Crippen LogP contribution in [0.5, 0.6) is 0 Å². The first-order valence-electron chi connectivity index (χ1n) is 7.53. The maximum Gasteiger partial charge on any atom is 0.341 e. The Morgan fingerprint density at radius 2 is 1.88 bits per heavy atom. The lowest BCUT2D eigenvalue weighted by molar-refractivity contribution is 0.0432. The van der Waals surface area contributed by atoms with Gasteiger partial charge in [0, 0.05) is 11.9 Å². The van der Waals surface area contributed by atoms with Crippen molar-refractivity contribution in [2.24, 2.45) is 0 Å². The Morgan fingerprint density at radius 3 is 2.52 bits per heavy atom. The molecular weight excluding hydrogens is 324 g/mol. The Morgan fingerprint density at radius 1 is 1.12 bits per heavy atom. The minimum Gasteiger partial charge on any atom is -0.465 e. The van der Waals surface area contributed by atoms with Crippen LogP contribution >= 0.6 is 0 Å². The van der Waals surface area contributed by atoms with Gasteiger partial charge >= 0.3 is 11.9 Å². The lowest BCUT2D eigenvalue weighted by Crippen LogP contribution is -2.08. The van der Waals surface area contributed by atoms with Gasteiger partial charge in [-0.25, -0.2) is 14.3 Å². The summed E-state index contributed by atoms with van der Waals surface area (Å²) in [5.74, 6) is -0.821. The molecule has 0 atom stereocenters. The first-order valence-corrected chi connectivity index (χ1v) is 7.53. The molecule has 0 amide bonds. The molecule has 0 radical (unpaired) electrons. The van der Waals surface area contributed by atoms with Crippen LogP contribution in [0.1, 0.15) is 32.2 Å². The van der Waals surface area contributed by atoms with Crippen LogP contribution in [0.2, 0.25) is 0 Å². The van der Waals surface area contributed by atoms with Gasteiger partial charge in [-0.3, -0.25) is 0 Å². The number of methoxy groups -OCH3 is 1. The first kappa shape index (κ1) is 16.5. The van der Waals surface area contributed by atoms with E-state index in [-0.39, 0.29) is 17.9 Å². The van der Waals surface area contributed by atoms with Crippen LogP contribution in [0.3, 0.4) is 0 Å². The molecule has 7 heteroatoms. The Kier molecular flexibility index (Phi) is 4.65. The van der Waals surface area contributed by atoms with Crippen molar-refractivity contribution < 1.29 is 23.5 Å². The summed E-state index contributed by atoms with van der Waals surface area (Å²) in [5.41, 5.74) is 2.46. The van der Waals surface area contributed by atoms with Gasteiger partial charge < -0.3 is 13.9 Å². The molecule has 0 aliphatic carbocycles. The highest BCUT2D eigenvalue weighted by Crippen LogP contribution is 2.16. The van der Waals surface area contributed by atoms with Gasteiger partial charge in [-0.1, -0.05) is 0 Å². The molecule has 0 N–H and O–H groups in total.